The standard InChI is InChI=1S/C15H22N4O.2ClH/c1-3-19-13-7-5-4-6-12(13)18-14(19)8-11-17-15(20)9-10-16-2;;/h4-7,16H,3,8-11H2,1-2H3,(H,17,20);2*1H. The van der Waals surface area contributed by atoms with Crippen LogP contribution in [0.3, 0.4) is 0 Å². The molecule has 0 radical (unpaired) electrons. The second-order valence-corrected chi connectivity index (χ2v) is 4.71. The molecule has 0 bridgehead atoms. The minimum Gasteiger partial charge on any atom is -0.356 e. The number of carbonyl (C=O) groups is 1. The van der Waals surface area contributed by atoms with E-state index in [-0.39, 0.29) is 30.7 Å². The summed E-state index contributed by atoms with van der Waals surface area (Å²) in [5.41, 5.74) is 2.18. The lowest BCUT2D eigenvalue weighted by molar-refractivity contribution is -0.120. The lowest BCUT2D eigenvalue weighted by Crippen LogP contribution is -2.28. The van der Waals surface area contributed by atoms with Crippen LogP contribution in [0.2, 0.25) is 0 Å². The summed E-state index contributed by atoms with van der Waals surface area (Å²) in [6, 6.07) is 8.13. The molecule has 0 fully saturated rings. The summed E-state index contributed by atoms with van der Waals surface area (Å²) in [6.07, 6.45) is 1.27. The molecule has 1 heterocycles. The van der Waals surface area contributed by atoms with Crippen LogP contribution in [0.4, 0.5) is 0 Å². The van der Waals surface area contributed by atoms with Gasteiger partial charge in [-0.25, -0.2) is 4.98 Å². The fraction of sp³-hybridized carbons (Fsp3) is 0.467. The summed E-state index contributed by atoms with van der Waals surface area (Å²) in [7, 11) is 1.84. The third-order valence-electron chi connectivity index (χ3n) is 3.32. The first-order valence-corrected chi connectivity index (χ1v) is 7.11. The molecule has 1 amide bonds. The highest BCUT2D eigenvalue weighted by molar-refractivity contribution is 5.85. The fourth-order valence-corrected chi connectivity index (χ4v) is 2.31. The molecule has 0 unspecified atom stereocenters. The number of aromatic nitrogens is 2. The van der Waals surface area contributed by atoms with Gasteiger partial charge in [0.1, 0.15) is 5.82 Å². The Bertz CT molecular complexity index is 586. The number of benzene rings is 1. The fourth-order valence-electron chi connectivity index (χ4n) is 2.31. The van der Waals surface area contributed by atoms with E-state index in [0.717, 1.165) is 29.8 Å². The highest BCUT2D eigenvalue weighted by Gasteiger charge is 2.09. The van der Waals surface area contributed by atoms with Gasteiger partial charge in [0.15, 0.2) is 0 Å². The minimum absolute atomic E-state index is 0. The predicted octanol–water partition coefficient (Wildman–Crippen LogP) is 2.17. The molecule has 0 aliphatic heterocycles. The largest absolute Gasteiger partial charge is 0.356 e. The smallest absolute Gasteiger partial charge is 0.221 e. The molecule has 1 aromatic heterocycles. The van der Waals surface area contributed by atoms with Crippen molar-refractivity contribution in [2.24, 2.45) is 0 Å². The summed E-state index contributed by atoms with van der Waals surface area (Å²) in [4.78, 5) is 16.2. The van der Waals surface area contributed by atoms with Gasteiger partial charge < -0.3 is 15.2 Å². The Balaban J connectivity index is 0.00000220. The van der Waals surface area contributed by atoms with Crippen LogP contribution < -0.4 is 10.6 Å². The maximum atomic E-state index is 11.5. The zero-order valence-electron chi connectivity index (χ0n) is 13.0. The normalized spacial score (nSPS) is 9.91. The first-order chi connectivity index (χ1) is 9.76. The average Bonchev–Trinajstić information content (AvgIpc) is 2.82. The predicted molar refractivity (Wildman–Crippen MR) is 95.2 cm³/mol. The number of nitrogens with one attached hydrogen (secondary N) is 2. The lowest BCUT2D eigenvalue weighted by Gasteiger charge is -2.07. The van der Waals surface area contributed by atoms with Crippen molar-refractivity contribution < 1.29 is 4.79 Å². The molecule has 0 saturated heterocycles. The summed E-state index contributed by atoms with van der Waals surface area (Å²) in [6.45, 7) is 4.35. The number of hydrogen-bond donors (Lipinski definition) is 2. The molecule has 1 aromatic carbocycles. The first kappa shape index (κ1) is 20.7. The summed E-state index contributed by atoms with van der Waals surface area (Å²) in [5, 5.41) is 5.89. The van der Waals surface area contributed by atoms with Gasteiger partial charge in [-0.2, -0.15) is 0 Å². The molecular weight excluding hydrogens is 323 g/mol. The van der Waals surface area contributed by atoms with E-state index in [1.807, 2.05) is 25.2 Å². The zero-order valence-corrected chi connectivity index (χ0v) is 14.6. The number of fused-ring (bicyclic) bond motifs is 1. The highest BCUT2D eigenvalue weighted by Crippen LogP contribution is 2.15. The zero-order chi connectivity index (χ0) is 14.4. The number of amides is 1. The van der Waals surface area contributed by atoms with E-state index < -0.39 is 0 Å². The van der Waals surface area contributed by atoms with E-state index in [1.54, 1.807) is 0 Å². The first-order valence-electron chi connectivity index (χ1n) is 7.11. The molecule has 0 atom stereocenters. The van der Waals surface area contributed by atoms with E-state index in [0.29, 0.717) is 19.5 Å². The average molecular weight is 347 g/mol. The number of para-hydroxylation sites is 2. The van der Waals surface area contributed by atoms with Crippen LogP contribution in [0, 0.1) is 0 Å². The molecule has 2 aromatic rings. The molecule has 0 spiro atoms. The van der Waals surface area contributed by atoms with Crippen LogP contribution >= 0.6 is 24.8 Å². The molecule has 0 saturated carbocycles. The highest BCUT2D eigenvalue weighted by atomic mass is 35.5. The molecule has 5 nitrogen and oxygen atoms in total. The molecule has 0 aliphatic carbocycles. The Morgan fingerprint density at radius 3 is 2.64 bits per heavy atom. The second-order valence-electron chi connectivity index (χ2n) is 4.71. The van der Waals surface area contributed by atoms with Gasteiger partial charge in [0, 0.05) is 32.5 Å². The van der Waals surface area contributed by atoms with E-state index in [2.05, 4.69) is 33.2 Å². The van der Waals surface area contributed by atoms with Crippen LogP contribution in [0.25, 0.3) is 11.0 Å². The Hall–Kier alpha value is -1.30. The molecule has 124 valence electrons. The lowest BCUT2D eigenvalue weighted by atomic mass is 10.3. The SMILES string of the molecule is CCn1c(CCNC(=O)CCNC)nc2ccccc21.Cl.Cl. The molecule has 22 heavy (non-hydrogen) atoms. The maximum Gasteiger partial charge on any atom is 0.221 e. The number of aryl methyl sites for hydroxylation is 1. The van der Waals surface area contributed by atoms with Crippen molar-refractivity contribution in [3.05, 3.63) is 30.1 Å². The van der Waals surface area contributed by atoms with E-state index in [9.17, 15) is 4.79 Å². The van der Waals surface area contributed by atoms with Crippen molar-refractivity contribution in [2.45, 2.75) is 26.3 Å². The number of hydrogen-bond acceptors (Lipinski definition) is 3. The van der Waals surface area contributed by atoms with Gasteiger partial charge in [0.25, 0.3) is 0 Å². The number of nitrogens with zero attached hydrogens (tertiary/aromatic N) is 2. The third kappa shape index (κ3) is 5.16. The van der Waals surface area contributed by atoms with Crippen LogP contribution in [-0.4, -0.2) is 35.6 Å². The third-order valence-corrected chi connectivity index (χ3v) is 3.32. The number of rotatable bonds is 7. The van der Waals surface area contributed by atoms with Crippen LogP contribution in [0.15, 0.2) is 24.3 Å². The van der Waals surface area contributed by atoms with E-state index in [4.69, 9.17) is 0 Å². The van der Waals surface area contributed by atoms with Crippen molar-refractivity contribution in [1.29, 1.82) is 0 Å². The summed E-state index contributed by atoms with van der Waals surface area (Å²) < 4.78 is 2.20. The van der Waals surface area contributed by atoms with Crippen LogP contribution in [-0.2, 0) is 17.8 Å². The van der Waals surface area contributed by atoms with Gasteiger partial charge in [-0.1, -0.05) is 12.1 Å². The van der Waals surface area contributed by atoms with Crippen LogP contribution in [0.1, 0.15) is 19.2 Å². The molecule has 2 rings (SSSR count). The molecule has 0 aliphatic rings. The summed E-state index contributed by atoms with van der Waals surface area (Å²) >= 11 is 0. The summed E-state index contributed by atoms with van der Waals surface area (Å²) in [5.74, 6) is 1.11. The van der Waals surface area contributed by atoms with Gasteiger partial charge in [0.2, 0.25) is 5.91 Å². The Morgan fingerprint density at radius 2 is 1.95 bits per heavy atom. The van der Waals surface area contributed by atoms with Gasteiger partial charge >= 0.3 is 0 Å². The second kappa shape index (κ2) is 10.4. The minimum atomic E-state index is 0. The maximum absolute atomic E-state index is 11.5. The van der Waals surface area contributed by atoms with Crippen molar-refractivity contribution in [1.82, 2.24) is 20.2 Å². The Morgan fingerprint density at radius 1 is 1.23 bits per heavy atom. The number of imidazole rings is 1. The van der Waals surface area contributed by atoms with Crippen molar-refractivity contribution in [3.8, 4) is 0 Å². The van der Waals surface area contributed by atoms with Crippen molar-refractivity contribution in [3.63, 3.8) is 0 Å². The Kier molecular flexibility index (Phi) is 9.81. The monoisotopic (exact) mass is 346 g/mol. The molecular formula is C15H24Cl2N4O. The van der Waals surface area contributed by atoms with E-state index >= 15 is 0 Å². The Labute approximate surface area is 143 Å². The van der Waals surface area contributed by atoms with Gasteiger partial charge in [-0.05, 0) is 26.1 Å². The molecule has 7 heteroatoms. The van der Waals surface area contributed by atoms with Gasteiger partial charge in [0.05, 0.1) is 11.0 Å². The molecule has 2 N–H and O–H groups in total. The topological polar surface area (TPSA) is 59.0 Å². The number of carbonyl (C=O) groups excluding carboxylic acids is 1. The quantitative estimate of drug-likeness (QED) is 0.807. The van der Waals surface area contributed by atoms with Crippen molar-refractivity contribution >= 4 is 41.8 Å². The van der Waals surface area contributed by atoms with Crippen molar-refractivity contribution in [2.75, 3.05) is 20.1 Å². The van der Waals surface area contributed by atoms with Gasteiger partial charge in [-0.15, -0.1) is 24.8 Å². The number of halogens is 2. The van der Waals surface area contributed by atoms with E-state index in [1.165, 1.54) is 0 Å². The van der Waals surface area contributed by atoms with Crippen LogP contribution in [0.5, 0.6) is 0 Å². The van der Waals surface area contributed by atoms with Gasteiger partial charge in [-0.3, -0.25) is 4.79 Å².